The van der Waals surface area contributed by atoms with Crippen LogP contribution in [0.5, 0.6) is 0 Å². The molecule has 0 radical (unpaired) electrons. The van der Waals surface area contributed by atoms with Crippen molar-refractivity contribution in [2.75, 3.05) is 0 Å². The number of imidazole rings is 1. The molecule has 1 amide bonds. The van der Waals surface area contributed by atoms with E-state index >= 15 is 0 Å². The number of rotatable bonds is 6. The number of aldehydes is 1. The quantitative estimate of drug-likeness (QED) is 0.498. The first kappa shape index (κ1) is 22.3. The van der Waals surface area contributed by atoms with Gasteiger partial charge in [0.1, 0.15) is 6.29 Å². The molecule has 0 spiro atoms. The van der Waals surface area contributed by atoms with Crippen LogP contribution in [0.1, 0.15) is 84.8 Å². The molecule has 0 bridgehead atoms. The van der Waals surface area contributed by atoms with Crippen LogP contribution in [0.4, 0.5) is 0 Å². The Labute approximate surface area is 186 Å². The molecule has 1 aromatic rings. The van der Waals surface area contributed by atoms with Gasteiger partial charge in [0.25, 0.3) is 0 Å². The topological polar surface area (TPSA) is 74.8 Å². The molecule has 170 valence electrons. The molecule has 5 nitrogen and oxygen atoms in total. The van der Waals surface area contributed by atoms with E-state index in [0.717, 1.165) is 37.7 Å². The van der Waals surface area contributed by atoms with E-state index in [1.165, 1.54) is 25.7 Å². The molecule has 2 saturated carbocycles. The molecule has 1 heterocycles. The number of aromatic nitrogens is 2. The Morgan fingerprint density at radius 2 is 2.13 bits per heavy atom. The summed E-state index contributed by atoms with van der Waals surface area (Å²) in [6, 6.07) is -0.520. The van der Waals surface area contributed by atoms with Crippen LogP contribution in [0.25, 0.3) is 0 Å². The highest BCUT2D eigenvalue weighted by molar-refractivity contribution is 5.85. The summed E-state index contributed by atoms with van der Waals surface area (Å²) in [7, 11) is 0. The number of amides is 1. The van der Waals surface area contributed by atoms with Gasteiger partial charge >= 0.3 is 0 Å². The lowest BCUT2D eigenvalue weighted by Gasteiger charge is -2.59. The van der Waals surface area contributed by atoms with E-state index in [2.05, 4.69) is 49.1 Å². The van der Waals surface area contributed by atoms with Crippen molar-refractivity contribution in [1.29, 1.82) is 0 Å². The van der Waals surface area contributed by atoms with Crippen LogP contribution in [-0.4, -0.2) is 28.2 Å². The number of nitrogens with one attached hydrogen (secondary N) is 2. The first-order chi connectivity index (χ1) is 14.7. The van der Waals surface area contributed by atoms with Crippen molar-refractivity contribution in [1.82, 2.24) is 15.3 Å². The molecule has 3 aliphatic carbocycles. The number of H-pyrrole nitrogens is 1. The smallest absolute Gasteiger partial charge is 0.226 e. The van der Waals surface area contributed by atoms with Crippen molar-refractivity contribution < 1.29 is 9.59 Å². The maximum atomic E-state index is 13.6. The van der Waals surface area contributed by atoms with Crippen molar-refractivity contribution in [2.24, 2.45) is 28.1 Å². The summed E-state index contributed by atoms with van der Waals surface area (Å²) in [5.41, 5.74) is 2.60. The molecule has 2 N–H and O–H groups in total. The summed E-state index contributed by atoms with van der Waals surface area (Å²) < 4.78 is 0. The zero-order chi connectivity index (χ0) is 22.3. The molecule has 0 saturated heterocycles. The minimum atomic E-state index is -0.520. The zero-order valence-electron chi connectivity index (χ0n) is 19.7. The van der Waals surface area contributed by atoms with Crippen LogP contribution in [-0.2, 0) is 16.0 Å². The predicted octanol–water partition coefficient (Wildman–Crippen LogP) is 5.00. The second-order valence-electron chi connectivity index (χ2n) is 11.2. The number of carbonyl (C=O) groups is 2. The molecule has 0 aromatic carbocycles. The maximum absolute atomic E-state index is 13.6. The minimum absolute atomic E-state index is 0.0493. The van der Waals surface area contributed by atoms with Crippen molar-refractivity contribution >= 4 is 12.2 Å². The van der Waals surface area contributed by atoms with Gasteiger partial charge in [0.15, 0.2) is 0 Å². The monoisotopic (exact) mass is 425 g/mol. The Kier molecular flexibility index (Phi) is 5.91. The fraction of sp³-hybridized carbons (Fsp3) is 0.731. The van der Waals surface area contributed by atoms with Crippen LogP contribution in [0.3, 0.4) is 0 Å². The van der Waals surface area contributed by atoms with E-state index < -0.39 is 11.5 Å². The minimum Gasteiger partial charge on any atom is -0.348 e. The molecular formula is C26H39N3O2. The van der Waals surface area contributed by atoms with Crippen molar-refractivity contribution in [3.05, 3.63) is 29.9 Å². The fourth-order valence-electron chi connectivity index (χ4n) is 7.15. The Bertz CT molecular complexity index is 847. The summed E-state index contributed by atoms with van der Waals surface area (Å²) in [5.74, 6) is 1.06. The standard InChI is InChI=1S/C26H39N3O2/c1-5-24(2)12-9-21-18(14-24)7-8-22-25(21,3)10-6-11-26(22,4)23(31)29-20(16-30)13-19-15-27-17-28-19/h9,15-18,20,22H,5-8,10-14H2,1-4H3,(H,27,28)(H,29,31)/t18?,20-,22?,24-,25-,26+/m0/s1. The number of hydrogen-bond donors (Lipinski definition) is 2. The van der Waals surface area contributed by atoms with Crippen molar-refractivity contribution in [3.8, 4) is 0 Å². The number of hydrogen-bond acceptors (Lipinski definition) is 3. The Hall–Kier alpha value is -1.91. The largest absolute Gasteiger partial charge is 0.348 e. The van der Waals surface area contributed by atoms with E-state index in [0.29, 0.717) is 23.7 Å². The number of carbonyl (C=O) groups excluding carboxylic acids is 2. The summed E-state index contributed by atoms with van der Waals surface area (Å²) in [6.07, 6.45) is 16.3. The van der Waals surface area contributed by atoms with Crippen molar-refractivity contribution in [2.45, 2.75) is 91.5 Å². The summed E-state index contributed by atoms with van der Waals surface area (Å²) in [6.45, 7) is 9.34. The fourth-order valence-corrected chi connectivity index (χ4v) is 7.15. The molecule has 2 unspecified atom stereocenters. The lowest BCUT2D eigenvalue weighted by atomic mass is 9.46. The highest BCUT2D eigenvalue weighted by atomic mass is 16.2. The van der Waals surface area contributed by atoms with Crippen LogP contribution in [0.15, 0.2) is 24.2 Å². The molecule has 6 atom stereocenters. The van der Waals surface area contributed by atoms with E-state index in [-0.39, 0.29) is 11.3 Å². The van der Waals surface area contributed by atoms with Crippen molar-refractivity contribution in [3.63, 3.8) is 0 Å². The third kappa shape index (κ3) is 3.89. The lowest BCUT2D eigenvalue weighted by molar-refractivity contribution is -0.143. The molecule has 3 aliphatic rings. The molecular weight excluding hydrogens is 386 g/mol. The lowest BCUT2D eigenvalue weighted by Crippen LogP contribution is -2.57. The molecule has 4 rings (SSSR count). The number of nitrogens with zero attached hydrogens (tertiary/aromatic N) is 1. The number of aromatic amines is 1. The van der Waals surface area contributed by atoms with Gasteiger partial charge in [-0.3, -0.25) is 4.79 Å². The first-order valence-electron chi connectivity index (χ1n) is 12.2. The van der Waals surface area contributed by atoms with Gasteiger partial charge in [-0.25, -0.2) is 4.98 Å². The molecule has 0 aliphatic heterocycles. The Morgan fingerprint density at radius 3 is 2.81 bits per heavy atom. The SMILES string of the molecule is CC[C@@]1(C)CC=C2C(CCC3[C@](C)(C(=O)N[C@H](C=O)Cc4cnc[nH]4)CCC[C@@]23C)C1. The van der Waals surface area contributed by atoms with Crippen LogP contribution in [0, 0.1) is 28.1 Å². The van der Waals surface area contributed by atoms with Crippen LogP contribution in [0.2, 0.25) is 0 Å². The van der Waals surface area contributed by atoms with Gasteiger partial charge in [0.05, 0.1) is 17.8 Å². The van der Waals surface area contributed by atoms with E-state index in [4.69, 9.17) is 0 Å². The molecule has 1 aromatic heterocycles. The highest BCUT2D eigenvalue weighted by Crippen LogP contribution is 2.64. The molecule has 31 heavy (non-hydrogen) atoms. The zero-order valence-corrected chi connectivity index (χ0v) is 19.7. The molecule has 5 heteroatoms. The summed E-state index contributed by atoms with van der Waals surface area (Å²) in [4.78, 5) is 32.4. The third-order valence-corrected chi connectivity index (χ3v) is 9.24. The van der Waals surface area contributed by atoms with Crippen LogP contribution < -0.4 is 5.32 Å². The Morgan fingerprint density at radius 1 is 1.32 bits per heavy atom. The van der Waals surface area contributed by atoms with Gasteiger partial charge in [0.2, 0.25) is 5.91 Å². The number of allylic oxidation sites excluding steroid dienone is 2. The highest BCUT2D eigenvalue weighted by Gasteiger charge is 2.57. The van der Waals surface area contributed by atoms with Gasteiger partial charge in [-0.1, -0.05) is 52.2 Å². The second-order valence-corrected chi connectivity index (χ2v) is 11.2. The average Bonchev–Trinajstić information content (AvgIpc) is 3.26. The predicted molar refractivity (Wildman–Crippen MR) is 122 cm³/mol. The third-order valence-electron chi connectivity index (χ3n) is 9.24. The molecule has 2 fully saturated rings. The average molecular weight is 426 g/mol. The first-order valence-corrected chi connectivity index (χ1v) is 12.2. The summed E-state index contributed by atoms with van der Waals surface area (Å²) in [5, 5.41) is 3.09. The van der Waals surface area contributed by atoms with E-state index in [1.807, 2.05) is 0 Å². The maximum Gasteiger partial charge on any atom is 0.226 e. The summed E-state index contributed by atoms with van der Waals surface area (Å²) >= 11 is 0. The van der Waals surface area contributed by atoms with Gasteiger partial charge in [-0.2, -0.15) is 0 Å². The van der Waals surface area contributed by atoms with E-state index in [9.17, 15) is 9.59 Å². The van der Waals surface area contributed by atoms with E-state index in [1.54, 1.807) is 18.1 Å². The Balaban J connectivity index is 1.55. The second kappa shape index (κ2) is 8.22. The van der Waals surface area contributed by atoms with Crippen LogP contribution >= 0.6 is 0 Å². The van der Waals surface area contributed by atoms with Gasteiger partial charge in [-0.05, 0) is 61.2 Å². The number of fused-ring (bicyclic) bond motifs is 3. The van der Waals surface area contributed by atoms with Gasteiger partial charge < -0.3 is 15.1 Å². The van der Waals surface area contributed by atoms with Gasteiger partial charge in [-0.15, -0.1) is 0 Å². The van der Waals surface area contributed by atoms with Gasteiger partial charge in [0, 0.05) is 18.3 Å². The normalized spacial score (nSPS) is 38.4.